The average molecular weight is 382 g/mol. The minimum absolute atomic E-state index is 0.0282. The van der Waals surface area contributed by atoms with Crippen molar-refractivity contribution in [3.05, 3.63) is 28.2 Å². The number of aliphatic hydroxyl groups is 1. The molecule has 8 heteroatoms. The van der Waals surface area contributed by atoms with Gasteiger partial charge in [-0.3, -0.25) is 0 Å². The summed E-state index contributed by atoms with van der Waals surface area (Å²) >= 11 is 3.20. The number of hydrogen-bond donors (Lipinski definition) is 2. The number of carbonyl (C=O) groups excluding carboxylic acids is 1. The molecule has 1 amide bonds. The molecule has 1 aromatic rings. The van der Waals surface area contributed by atoms with Crippen molar-refractivity contribution in [3.8, 4) is 5.75 Å². The normalized spacial score (nSPS) is 12.9. The van der Waals surface area contributed by atoms with Crippen molar-refractivity contribution in [3.63, 3.8) is 0 Å². The van der Waals surface area contributed by atoms with Crippen LogP contribution in [0.25, 0.3) is 0 Å². The highest BCUT2D eigenvalue weighted by Gasteiger charge is 2.21. The lowest BCUT2D eigenvalue weighted by Gasteiger charge is -2.23. The summed E-state index contributed by atoms with van der Waals surface area (Å²) in [6.45, 7) is 1.84. The predicted octanol–water partition coefficient (Wildman–Crippen LogP) is 3.61. The van der Waals surface area contributed by atoms with Crippen LogP contribution in [0.5, 0.6) is 5.75 Å². The molecule has 22 heavy (non-hydrogen) atoms. The third kappa shape index (κ3) is 6.15. The minimum atomic E-state index is -2.92. The first kappa shape index (κ1) is 18.6. The molecule has 0 aliphatic heterocycles. The Kier molecular flexibility index (Phi) is 6.55. The Labute approximate surface area is 135 Å². The number of hydrogen-bond acceptors (Lipinski definition) is 4. The van der Waals surface area contributed by atoms with Gasteiger partial charge in [0.15, 0.2) is 0 Å². The third-order valence-corrected chi connectivity index (χ3v) is 3.13. The lowest BCUT2D eigenvalue weighted by Crippen LogP contribution is -2.36. The van der Waals surface area contributed by atoms with Gasteiger partial charge in [0.2, 0.25) is 0 Å². The highest BCUT2D eigenvalue weighted by molar-refractivity contribution is 9.10. The fourth-order valence-electron chi connectivity index (χ4n) is 1.64. The van der Waals surface area contributed by atoms with Gasteiger partial charge in [0, 0.05) is 4.47 Å². The zero-order valence-electron chi connectivity index (χ0n) is 12.4. The summed E-state index contributed by atoms with van der Waals surface area (Å²) < 4.78 is 34.1. The largest absolute Gasteiger partial charge is 0.444 e. The standard InChI is InChI=1S/C14H18BrF2NO4/c1-14(2,3)22-13(20)18-11(7-19)9-5-4-8(6-10(9)15)21-12(16)17/h4-6,11-12,19H,7H2,1-3H3,(H,18,20)/t11-/m0/s1. The second kappa shape index (κ2) is 7.73. The highest BCUT2D eigenvalue weighted by atomic mass is 79.9. The van der Waals surface area contributed by atoms with Gasteiger partial charge in [-0.05, 0) is 38.5 Å². The molecule has 0 bridgehead atoms. The molecule has 0 spiro atoms. The second-order valence-electron chi connectivity index (χ2n) is 5.44. The second-order valence-corrected chi connectivity index (χ2v) is 6.30. The van der Waals surface area contributed by atoms with Crippen molar-refractivity contribution in [2.45, 2.75) is 39.0 Å². The molecule has 124 valence electrons. The lowest BCUT2D eigenvalue weighted by molar-refractivity contribution is -0.0499. The van der Waals surface area contributed by atoms with Gasteiger partial charge in [0.1, 0.15) is 11.4 Å². The molecule has 0 aliphatic carbocycles. The van der Waals surface area contributed by atoms with E-state index in [0.717, 1.165) is 0 Å². The van der Waals surface area contributed by atoms with E-state index >= 15 is 0 Å². The number of alkyl carbamates (subject to hydrolysis) is 1. The minimum Gasteiger partial charge on any atom is -0.444 e. The van der Waals surface area contributed by atoms with Gasteiger partial charge in [-0.15, -0.1) is 0 Å². The SMILES string of the molecule is CC(C)(C)OC(=O)N[C@@H](CO)c1ccc(OC(F)F)cc1Br. The zero-order chi connectivity index (χ0) is 16.9. The average Bonchev–Trinajstić information content (AvgIpc) is 2.33. The topological polar surface area (TPSA) is 67.8 Å². The van der Waals surface area contributed by atoms with E-state index in [0.29, 0.717) is 10.0 Å². The molecule has 0 heterocycles. The summed E-state index contributed by atoms with van der Waals surface area (Å²) in [6, 6.07) is 3.39. The quantitative estimate of drug-likeness (QED) is 0.817. The van der Waals surface area contributed by atoms with Gasteiger partial charge in [0.05, 0.1) is 12.6 Å². The van der Waals surface area contributed by atoms with Crippen LogP contribution in [0.3, 0.4) is 0 Å². The van der Waals surface area contributed by atoms with Crippen molar-refractivity contribution in [2.75, 3.05) is 6.61 Å². The molecule has 2 N–H and O–H groups in total. The van der Waals surface area contributed by atoms with E-state index in [1.54, 1.807) is 20.8 Å². The van der Waals surface area contributed by atoms with Crippen LogP contribution in [0.4, 0.5) is 13.6 Å². The van der Waals surface area contributed by atoms with Crippen LogP contribution in [-0.4, -0.2) is 30.0 Å². The molecule has 0 aliphatic rings. The van der Waals surface area contributed by atoms with Gasteiger partial charge in [0.25, 0.3) is 0 Å². The first-order chi connectivity index (χ1) is 10.1. The monoisotopic (exact) mass is 381 g/mol. The summed E-state index contributed by atoms with van der Waals surface area (Å²) in [5.74, 6) is -0.0282. The highest BCUT2D eigenvalue weighted by Crippen LogP contribution is 2.28. The number of halogens is 3. The van der Waals surface area contributed by atoms with Crippen molar-refractivity contribution >= 4 is 22.0 Å². The van der Waals surface area contributed by atoms with E-state index in [4.69, 9.17) is 4.74 Å². The summed E-state index contributed by atoms with van der Waals surface area (Å²) in [7, 11) is 0. The molecule has 1 rings (SSSR count). The Hall–Kier alpha value is -1.41. The molecular weight excluding hydrogens is 364 g/mol. The molecule has 0 saturated carbocycles. The van der Waals surface area contributed by atoms with E-state index in [9.17, 15) is 18.7 Å². The van der Waals surface area contributed by atoms with Gasteiger partial charge in [-0.1, -0.05) is 22.0 Å². The van der Waals surface area contributed by atoms with Crippen LogP contribution in [0.1, 0.15) is 32.4 Å². The number of nitrogens with one attached hydrogen (secondary N) is 1. The van der Waals surface area contributed by atoms with Crippen LogP contribution >= 0.6 is 15.9 Å². The van der Waals surface area contributed by atoms with E-state index in [-0.39, 0.29) is 12.4 Å². The Morgan fingerprint density at radius 3 is 2.50 bits per heavy atom. The van der Waals surface area contributed by atoms with Crippen LogP contribution in [-0.2, 0) is 4.74 Å². The number of rotatable bonds is 5. The number of ether oxygens (including phenoxy) is 2. The Balaban J connectivity index is 2.84. The van der Waals surface area contributed by atoms with E-state index in [2.05, 4.69) is 26.0 Å². The summed E-state index contributed by atoms with van der Waals surface area (Å²) in [4.78, 5) is 11.7. The molecule has 0 unspecified atom stereocenters. The summed E-state index contributed by atoms with van der Waals surface area (Å²) in [5.41, 5.74) is -0.161. The Morgan fingerprint density at radius 1 is 1.41 bits per heavy atom. The lowest BCUT2D eigenvalue weighted by atomic mass is 10.1. The fourth-order valence-corrected chi connectivity index (χ4v) is 2.27. The Morgan fingerprint density at radius 2 is 2.05 bits per heavy atom. The summed E-state index contributed by atoms with van der Waals surface area (Å²) in [6.07, 6.45) is -0.689. The Bertz CT molecular complexity index is 520. The van der Waals surface area contributed by atoms with Crippen molar-refractivity contribution < 1.29 is 28.2 Å². The molecule has 5 nitrogen and oxygen atoms in total. The van der Waals surface area contributed by atoms with Crippen molar-refractivity contribution in [1.29, 1.82) is 0 Å². The van der Waals surface area contributed by atoms with Gasteiger partial charge >= 0.3 is 12.7 Å². The number of carbonyl (C=O) groups is 1. The van der Waals surface area contributed by atoms with Crippen LogP contribution in [0.2, 0.25) is 0 Å². The van der Waals surface area contributed by atoms with Gasteiger partial charge in [-0.2, -0.15) is 8.78 Å². The molecule has 0 saturated heterocycles. The molecule has 0 radical (unpaired) electrons. The maximum absolute atomic E-state index is 12.2. The molecule has 1 aromatic carbocycles. The predicted molar refractivity (Wildman–Crippen MR) is 80.0 cm³/mol. The maximum atomic E-state index is 12.2. The molecule has 0 aromatic heterocycles. The maximum Gasteiger partial charge on any atom is 0.408 e. The molecule has 0 fully saturated rings. The van der Waals surface area contributed by atoms with E-state index in [1.165, 1.54) is 18.2 Å². The third-order valence-electron chi connectivity index (χ3n) is 2.45. The first-order valence-corrected chi connectivity index (χ1v) is 7.26. The van der Waals surface area contributed by atoms with E-state index < -0.39 is 24.3 Å². The number of alkyl halides is 2. The number of benzene rings is 1. The summed E-state index contributed by atoms with van der Waals surface area (Å²) in [5, 5.41) is 11.9. The molecular formula is C14H18BrF2NO4. The van der Waals surface area contributed by atoms with Gasteiger partial charge < -0.3 is 19.9 Å². The fraction of sp³-hybridized carbons (Fsp3) is 0.500. The molecule has 1 atom stereocenters. The van der Waals surface area contributed by atoms with Crippen molar-refractivity contribution in [1.82, 2.24) is 5.32 Å². The smallest absolute Gasteiger partial charge is 0.408 e. The number of amides is 1. The van der Waals surface area contributed by atoms with Gasteiger partial charge in [-0.25, -0.2) is 4.79 Å². The van der Waals surface area contributed by atoms with Crippen LogP contribution in [0, 0.1) is 0 Å². The zero-order valence-corrected chi connectivity index (χ0v) is 14.0. The first-order valence-electron chi connectivity index (χ1n) is 6.47. The van der Waals surface area contributed by atoms with Crippen molar-refractivity contribution in [2.24, 2.45) is 0 Å². The van der Waals surface area contributed by atoms with Crippen LogP contribution in [0.15, 0.2) is 22.7 Å². The van der Waals surface area contributed by atoms with E-state index in [1.807, 2.05) is 0 Å². The number of aliphatic hydroxyl groups excluding tert-OH is 1. The van der Waals surface area contributed by atoms with Crippen LogP contribution < -0.4 is 10.1 Å².